The molecule has 0 radical (unpaired) electrons. The molecule has 0 rings (SSSR count). The Bertz CT molecular complexity index is 1340. The topological polar surface area (TPSA) is 99.1 Å². The Balaban J connectivity index is 4.40. The average molecular weight is 835 g/mol. The number of carboxylic acid groups (broad SMARTS) is 1. The normalized spacial score (nSPS) is 13.9. The largest absolute Gasteiger partial charge is 0.477 e. The number of ether oxygens (including phenoxy) is 3. The summed E-state index contributed by atoms with van der Waals surface area (Å²) in [6, 6.07) is -0.630. The number of esters is 2. The first kappa shape index (κ1) is 56.0. The molecule has 0 fully saturated rings. The number of nitrogens with zero attached hydrogens (tertiary/aromatic N) is 1. The number of carbonyl (C=O) groups excluding carboxylic acids is 2. The summed E-state index contributed by atoms with van der Waals surface area (Å²) in [5, 5.41) is 9.63. The number of hydrogen-bond donors (Lipinski definition) is 1. The van der Waals surface area contributed by atoms with E-state index in [2.05, 4.69) is 111 Å². The highest BCUT2D eigenvalue weighted by Crippen LogP contribution is 2.12. The summed E-state index contributed by atoms with van der Waals surface area (Å²) >= 11 is 0. The molecule has 0 saturated heterocycles. The van der Waals surface area contributed by atoms with Crippen LogP contribution >= 0.6 is 0 Å². The van der Waals surface area contributed by atoms with Gasteiger partial charge in [0.1, 0.15) is 6.61 Å². The minimum Gasteiger partial charge on any atom is -0.477 e. The third-order valence-electron chi connectivity index (χ3n) is 9.48. The number of aliphatic carboxylic acids is 1. The zero-order valence-electron chi connectivity index (χ0n) is 38.4. The van der Waals surface area contributed by atoms with E-state index < -0.39 is 18.1 Å². The molecule has 8 heteroatoms. The van der Waals surface area contributed by atoms with E-state index in [1.807, 2.05) is 33.3 Å². The molecule has 0 aliphatic carbocycles. The summed E-state index contributed by atoms with van der Waals surface area (Å²) in [5.74, 6) is -1.54. The third kappa shape index (κ3) is 39.5. The first-order valence-corrected chi connectivity index (χ1v) is 23.0. The Morgan fingerprint density at radius 3 is 1.48 bits per heavy atom. The molecule has 0 spiro atoms. The van der Waals surface area contributed by atoms with Gasteiger partial charge in [0, 0.05) is 19.3 Å². The molecule has 1 N–H and O–H groups in total. The Morgan fingerprint density at radius 2 is 0.967 bits per heavy atom. The van der Waals surface area contributed by atoms with Crippen LogP contribution in [0.25, 0.3) is 0 Å². The van der Waals surface area contributed by atoms with E-state index in [4.69, 9.17) is 14.2 Å². The predicted octanol–water partition coefficient (Wildman–Crippen LogP) is 12.9. The van der Waals surface area contributed by atoms with Crippen LogP contribution in [0, 0.1) is 0 Å². The van der Waals surface area contributed by atoms with Gasteiger partial charge in [-0.25, -0.2) is 4.79 Å². The van der Waals surface area contributed by atoms with Gasteiger partial charge in [-0.1, -0.05) is 155 Å². The van der Waals surface area contributed by atoms with E-state index in [1.165, 1.54) is 0 Å². The number of carboxylic acids is 1. The van der Waals surface area contributed by atoms with Gasteiger partial charge in [-0.05, 0) is 83.5 Å². The molecular weight excluding hydrogens is 751 g/mol. The number of allylic oxidation sites excluding steroid dienone is 18. The monoisotopic (exact) mass is 835 g/mol. The minimum absolute atomic E-state index is 0.0359. The fourth-order valence-corrected chi connectivity index (χ4v) is 5.98. The van der Waals surface area contributed by atoms with Gasteiger partial charge in [0.2, 0.25) is 0 Å². The zero-order chi connectivity index (χ0) is 44.2. The van der Waals surface area contributed by atoms with Gasteiger partial charge in [-0.2, -0.15) is 0 Å². The Labute approximate surface area is 366 Å². The molecule has 0 bridgehead atoms. The first-order valence-electron chi connectivity index (χ1n) is 23.0. The van der Waals surface area contributed by atoms with Gasteiger partial charge in [0.25, 0.3) is 0 Å². The molecule has 8 nitrogen and oxygen atoms in total. The fraction of sp³-hybridized carbons (Fsp3) is 0.596. The molecule has 0 aromatic rings. The number of likely N-dealkylation sites (N-methyl/N-ethyl adjacent to an activating group) is 1. The van der Waals surface area contributed by atoms with Crippen LogP contribution in [0.2, 0.25) is 0 Å². The van der Waals surface area contributed by atoms with Crippen molar-refractivity contribution in [2.45, 2.75) is 161 Å². The lowest BCUT2D eigenvalue weighted by Crippen LogP contribution is -2.50. The van der Waals surface area contributed by atoms with Crippen molar-refractivity contribution in [2.24, 2.45) is 0 Å². The van der Waals surface area contributed by atoms with Gasteiger partial charge >= 0.3 is 17.9 Å². The summed E-state index contributed by atoms with van der Waals surface area (Å²) in [4.78, 5) is 37.0. The van der Waals surface area contributed by atoms with Crippen molar-refractivity contribution in [1.82, 2.24) is 0 Å². The second-order valence-corrected chi connectivity index (χ2v) is 16.0. The number of carbonyl (C=O) groups is 3. The summed E-state index contributed by atoms with van der Waals surface area (Å²) in [5.41, 5.74) is 0. The van der Waals surface area contributed by atoms with Crippen LogP contribution in [0.5, 0.6) is 0 Å². The highest BCUT2D eigenvalue weighted by atomic mass is 16.6. The SMILES string of the molecule is CC/C=C/C=C/C=C/CCCCCCCC(=O)OCC(COCCC(C(=O)O)[N+](C)(C)C)OC(=O)CCCCCC/C=C/C/C=C/C/C=C/C/C=C/C/C=C/C/C=C/CC. The maximum absolute atomic E-state index is 12.7. The van der Waals surface area contributed by atoms with E-state index in [9.17, 15) is 19.5 Å². The Kier molecular flexibility index (Phi) is 38.9. The molecule has 60 heavy (non-hydrogen) atoms. The summed E-state index contributed by atoms with van der Waals surface area (Å²) in [7, 11) is 5.50. The van der Waals surface area contributed by atoms with E-state index in [1.54, 1.807) is 0 Å². The number of hydrogen-bond acceptors (Lipinski definition) is 6. The van der Waals surface area contributed by atoms with E-state index in [0.29, 0.717) is 12.8 Å². The second-order valence-electron chi connectivity index (χ2n) is 16.0. The lowest BCUT2D eigenvalue weighted by atomic mass is 10.1. The van der Waals surface area contributed by atoms with Crippen LogP contribution in [0.15, 0.2) is 109 Å². The Hall–Kier alpha value is -4.01. The van der Waals surface area contributed by atoms with Crippen molar-refractivity contribution in [2.75, 3.05) is 41.0 Å². The van der Waals surface area contributed by atoms with Crippen molar-refractivity contribution in [3.05, 3.63) is 109 Å². The number of quaternary nitrogens is 1. The number of rotatable bonds is 39. The van der Waals surface area contributed by atoms with E-state index in [-0.39, 0.29) is 42.7 Å². The third-order valence-corrected chi connectivity index (χ3v) is 9.48. The van der Waals surface area contributed by atoms with E-state index >= 15 is 0 Å². The van der Waals surface area contributed by atoms with Crippen LogP contribution in [0.1, 0.15) is 149 Å². The van der Waals surface area contributed by atoms with Crippen molar-refractivity contribution in [3.8, 4) is 0 Å². The van der Waals surface area contributed by atoms with Crippen LogP contribution in [0.3, 0.4) is 0 Å². The van der Waals surface area contributed by atoms with Gasteiger partial charge in [0.15, 0.2) is 12.1 Å². The van der Waals surface area contributed by atoms with Crippen molar-refractivity contribution >= 4 is 17.9 Å². The molecule has 0 aliphatic rings. The van der Waals surface area contributed by atoms with Crippen LogP contribution < -0.4 is 0 Å². The Morgan fingerprint density at radius 1 is 0.517 bits per heavy atom. The molecule has 0 aliphatic heterocycles. The standard InChI is InChI=1S/C52H83NO7/c1-6-8-10-12-14-16-18-20-21-22-23-24-25-26-27-28-29-31-33-35-37-39-41-43-51(55)60-48(46-58-45-44-49(52(56)57)53(3,4)5)47-59-50(54)42-40-38-36-34-32-30-19-17-15-13-11-9-7-2/h8-11,13-17,19-21,23-24,26-27,29,31,48-49H,6-7,12,18,22,25,28,30,32-47H2,1-5H3/p+1/b10-8+,11-9+,15-13+,16-14+,19-17+,21-20+,24-23+,27-26+,31-29+. The van der Waals surface area contributed by atoms with Crippen molar-refractivity contribution < 1.29 is 38.2 Å². The first-order chi connectivity index (χ1) is 29.1. The maximum atomic E-state index is 12.7. The molecule has 2 unspecified atom stereocenters. The lowest BCUT2D eigenvalue weighted by molar-refractivity contribution is -0.887. The summed E-state index contributed by atoms with van der Waals surface area (Å²) in [6.07, 6.45) is 57.1. The maximum Gasteiger partial charge on any atom is 0.362 e. The van der Waals surface area contributed by atoms with Crippen LogP contribution in [-0.2, 0) is 28.6 Å². The molecule has 338 valence electrons. The molecule has 2 atom stereocenters. The molecule has 0 heterocycles. The molecule has 0 amide bonds. The average Bonchev–Trinajstić information content (AvgIpc) is 3.21. The molecule has 0 aromatic heterocycles. The summed E-state index contributed by atoms with van der Waals surface area (Å²) < 4.78 is 17.2. The van der Waals surface area contributed by atoms with Gasteiger partial charge < -0.3 is 23.8 Å². The lowest BCUT2D eigenvalue weighted by Gasteiger charge is -2.31. The van der Waals surface area contributed by atoms with Crippen LogP contribution in [-0.4, -0.2) is 80.6 Å². The minimum atomic E-state index is -0.888. The molecule has 0 aromatic carbocycles. The quantitative estimate of drug-likeness (QED) is 0.0216. The fourth-order valence-electron chi connectivity index (χ4n) is 5.98. The van der Waals surface area contributed by atoms with Crippen molar-refractivity contribution in [3.63, 3.8) is 0 Å². The highest BCUT2D eigenvalue weighted by Gasteiger charge is 2.31. The summed E-state index contributed by atoms with van der Waals surface area (Å²) in [6.45, 7) is 4.41. The predicted molar refractivity (Wildman–Crippen MR) is 252 cm³/mol. The van der Waals surface area contributed by atoms with E-state index in [0.717, 1.165) is 116 Å². The number of unbranched alkanes of at least 4 members (excludes halogenated alkanes) is 9. The zero-order valence-corrected chi connectivity index (χ0v) is 38.4. The van der Waals surface area contributed by atoms with Crippen molar-refractivity contribution in [1.29, 1.82) is 0 Å². The van der Waals surface area contributed by atoms with Gasteiger partial charge in [-0.15, -0.1) is 0 Å². The van der Waals surface area contributed by atoms with Gasteiger partial charge in [-0.3, -0.25) is 9.59 Å². The highest BCUT2D eigenvalue weighted by molar-refractivity contribution is 5.72. The van der Waals surface area contributed by atoms with Crippen LogP contribution in [0.4, 0.5) is 0 Å². The molecular formula is C52H84NO7+. The second kappa shape index (κ2) is 41.7. The molecule has 0 saturated carbocycles. The smallest absolute Gasteiger partial charge is 0.362 e. The van der Waals surface area contributed by atoms with Gasteiger partial charge in [0.05, 0.1) is 34.4 Å².